The molecule has 0 unspecified atom stereocenters. The van der Waals surface area contributed by atoms with Gasteiger partial charge in [0.1, 0.15) is 11.9 Å². The lowest BCUT2D eigenvalue weighted by molar-refractivity contribution is 0.0240. The van der Waals surface area contributed by atoms with Crippen LogP contribution >= 0.6 is 11.6 Å². The van der Waals surface area contributed by atoms with Crippen molar-refractivity contribution in [1.82, 2.24) is 24.5 Å². The minimum Gasteiger partial charge on any atom is -0.444 e. The minimum atomic E-state index is -0.497. The van der Waals surface area contributed by atoms with Gasteiger partial charge in [0.05, 0.1) is 11.0 Å². The van der Waals surface area contributed by atoms with Crippen LogP contribution in [0, 0.1) is 0 Å². The number of anilines is 1. The van der Waals surface area contributed by atoms with Crippen LogP contribution in [0.1, 0.15) is 20.8 Å². The number of benzene rings is 1. The van der Waals surface area contributed by atoms with Crippen LogP contribution in [0.4, 0.5) is 10.6 Å². The van der Waals surface area contributed by atoms with Gasteiger partial charge in [-0.3, -0.25) is 4.40 Å². The highest BCUT2D eigenvalue weighted by atomic mass is 35.5. The Morgan fingerprint density at radius 2 is 1.93 bits per heavy atom. The molecule has 0 saturated carbocycles. The number of nitrogens with zero attached hydrogens (tertiary/aromatic N) is 6. The van der Waals surface area contributed by atoms with Crippen molar-refractivity contribution in [2.24, 2.45) is 0 Å². The molecule has 1 saturated heterocycles. The molecule has 0 bridgehead atoms. The summed E-state index contributed by atoms with van der Waals surface area (Å²) in [7, 11) is 0. The number of carbonyl (C=O) groups excluding carboxylic acids is 1. The molecule has 2 aromatic heterocycles. The fraction of sp³-hybridized carbons (Fsp3) is 0.444. The highest BCUT2D eigenvalue weighted by molar-refractivity contribution is 6.31. The maximum atomic E-state index is 12.3. The van der Waals surface area contributed by atoms with E-state index in [9.17, 15) is 4.79 Å². The number of carbonyl (C=O) groups is 1. The Bertz CT molecular complexity index is 1000. The number of halogens is 1. The van der Waals surface area contributed by atoms with Crippen molar-refractivity contribution in [2.75, 3.05) is 31.1 Å². The first kappa shape index (κ1) is 17.8. The summed E-state index contributed by atoms with van der Waals surface area (Å²) in [6, 6.07) is 5.55. The average molecular weight is 389 g/mol. The van der Waals surface area contributed by atoms with Crippen molar-refractivity contribution in [3.8, 4) is 0 Å². The van der Waals surface area contributed by atoms with Crippen LogP contribution in [0.5, 0.6) is 0 Å². The molecular weight excluding hydrogens is 368 g/mol. The normalized spacial score (nSPS) is 15.6. The van der Waals surface area contributed by atoms with Gasteiger partial charge in [-0.1, -0.05) is 11.6 Å². The summed E-state index contributed by atoms with van der Waals surface area (Å²) in [4.78, 5) is 20.9. The van der Waals surface area contributed by atoms with Crippen LogP contribution in [0.25, 0.3) is 16.7 Å². The van der Waals surface area contributed by atoms with Gasteiger partial charge in [0.2, 0.25) is 5.65 Å². The lowest BCUT2D eigenvalue weighted by Gasteiger charge is -2.36. The summed E-state index contributed by atoms with van der Waals surface area (Å²) in [5, 5.41) is 8.91. The smallest absolute Gasteiger partial charge is 0.410 e. The van der Waals surface area contributed by atoms with E-state index in [2.05, 4.69) is 15.1 Å². The molecule has 0 spiro atoms. The molecule has 8 nitrogen and oxygen atoms in total. The fourth-order valence-corrected chi connectivity index (χ4v) is 3.32. The monoisotopic (exact) mass is 388 g/mol. The molecule has 1 fully saturated rings. The number of aromatic nitrogens is 4. The van der Waals surface area contributed by atoms with E-state index in [1.165, 1.54) is 0 Å². The van der Waals surface area contributed by atoms with Gasteiger partial charge in [-0.05, 0) is 39.0 Å². The molecule has 1 aliphatic rings. The molecule has 0 N–H and O–H groups in total. The molecule has 1 aromatic carbocycles. The van der Waals surface area contributed by atoms with E-state index >= 15 is 0 Å². The van der Waals surface area contributed by atoms with Gasteiger partial charge in [0.25, 0.3) is 0 Å². The zero-order valence-electron chi connectivity index (χ0n) is 15.5. The van der Waals surface area contributed by atoms with E-state index in [4.69, 9.17) is 21.3 Å². The van der Waals surface area contributed by atoms with Gasteiger partial charge in [-0.15, -0.1) is 10.2 Å². The lowest BCUT2D eigenvalue weighted by atomic mass is 10.2. The van der Waals surface area contributed by atoms with Crippen LogP contribution in [0.3, 0.4) is 0 Å². The van der Waals surface area contributed by atoms with Crippen molar-refractivity contribution in [1.29, 1.82) is 0 Å². The molecular formula is C18H21ClN6O2. The van der Waals surface area contributed by atoms with E-state index in [1.807, 2.05) is 43.4 Å². The summed E-state index contributed by atoms with van der Waals surface area (Å²) in [5.74, 6) is 0.756. The molecule has 3 aromatic rings. The number of ether oxygens (including phenoxy) is 1. The molecule has 142 valence electrons. The van der Waals surface area contributed by atoms with Gasteiger partial charge >= 0.3 is 6.09 Å². The Hall–Kier alpha value is -2.61. The number of piperazine rings is 1. The standard InChI is InChI=1S/C18H21ClN6O2/c1-18(2,3)27-17(26)24-8-6-23(7-9-24)15-16-22-20-11-25(16)14-10-12(19)4-5-13(14)21-15/h4-5,10-11H,6-9H2,1-3H3. The topological polar surface area (TPSA) is 75.9 Å². The molecule has 27 heavy (non-hydrogen) atoms. The molecule has 1 aliphatic heterocycles. The molecule has 3 heterocycles. The van der Waals surface area contributed by atoms with Gasteiger partial charge in [-0.2, -0.15) is 0 Å². The molecule has 4 rings (SSSR count). The van der Waals surface area contributed by atoms with E-state index in [1.54, 1.807) is 11.2 Å². The van der Waals surface area contributed by atoms with E-state index in [0.29, 0.717) is 36.8 Å². The molecule has 0 atom stereocenters. The second-order valence-corrected chi connectivity index (χ2v) is 7.98. The number of amides is 1. The quantitative estimate of drug-likeness (QED) is 0.638. The van der Waals surface area contributed by atoms with Crippen LogP contribution in [-0.4, -0.2) is 62.4 Å². The van der Waals surface area contributed by atoms with Crippen molar-refractivity contribution >= 4 is 40.2 Å². The molecule has 0 radical (unpaired) electrons. The molecule has 0 aliphatic carbocycles. The maximum absolute atomic E-state index is 12.3. The second kappa shape index (κ2) is 6.53. The van der Waals surface area contributed by atoms with Crippen LogP contribution < -0.4 is 4.90 Å². The lowest BCUT2D eigenvalue weighted by Crippen LogP contribution is -2.50. The van der Waals surface area contributed by atoms with Crippen LogP contribution in [-0.2, 0) is 4.74 Å². The van der Waals surface area contributed by atoms with Gasteiger partial charge in [0, 0.05) is 31.2 Å². The Morgan fingerprint density at radius 1 is 1.19 bits per heavy atom. The highest BCUT2D eigenvalue weighted by Gasteiger charge is 2.27. The molecule has 9 heteroatoms. The summed E-state index contributed by atoms with van der Waals surface area (Å²) < 4.78 is 7.35. The minimum absolute atomic E-state index is 0.282. The largest absolute Gasteiger partial charge is 0.444 e. The summed E-state index contributed by atoms with van der Waals surface area (Å²) in [5.41, 5.74) is 1.86. The Balaban J connectivity index is 1.59. The summed E-state index contributed by atoms with van der Waals surface area (Å²) in [6.07, 6.45) is 1.38. The fourth-order valence-electron chi connectivity index (χ4n) is 3.15. The first-order chi connectivity index (χ1) is 12.8. The van der Waals surface area contributed by atoms with Crippen molar-refractivity contribution in [2.45, 2.75) is 26.4 Å². The maximum Gasteiger partial charge on any atom is 0.410 e. The van der Waals surface area contributed by atoms with Gasteiger partial charge in [0.15, 0.2) is 5.82 Å². The third-order valence-electron chi connectivity index (χ3n) is 4.40. The van der Waals surface area contributed by atoms with Crippen molar-refractivity contribution in [3.63, 3.8) is 0 Å². The zero-order chi connectivity index (χ0) is 19.2. The summed E-state index contributed by atoms with van der Waals surface area (Å²) in [6.45, 7) is 8.03. The van der Waals surface area contributed by atoms with E-state index in [0.717, 1.165) is 16.9 Å². The molecule has 1 amide bonds. The zero-order valence-corrected chi connectivity index (χ0v) is 16.3. The predicted octanol–water partition coefficient (Wildman–Crippen LogP) is 2.99. The number of fused-ring (bicyclic) bond motifs is 3. The summed E-state index contributed by atoms with van der Waals surface area (Å²) >= 11 is 6.12. The SMILES string of the molecule is CC(C)(C)OC(=O)N1CCN(c2nc3ccc(Cl)cc3n3cnnc23)CC1. The Kier molecular flexibility index (Phi) is 4.30. The average Bonchev–Trinajstić information content (AvgIpc) is 3.10. The third kappa shape index (κ3) is 3.49. The third-order valence-corrected chi connectivity index (χ3v) is 4.64. The van der Waals surface area contributed by atoms with Crippen LogP contribution in [0.15, 0.2) is 24.5 Å². The van der Waals surface area contributed by atoms with Gasteiger partial charge < -0.3 is 14.5 Å². The first-order valence-electron chi connectivity index (χ1n) is 8.84. The van der Waals surface area contributed by atoms with E-state index < -0.39 is 5.60 Å². The Morgan fingerprint density at radius 3 is 2.63 bits per heavy atom. The van der Waals surface area contributed by atoms with Crippen molar-refractivity contribution < 1.29 is 9.53 Å². The Labute approximate surface area is 161 Å². The number of rotatable bonds is 1. The van der Waals surface area contributed by atoms with Gasteiger partial charge in [-0.25, -0.2) is 9.78 Å². The predicted molar refractivity (Wildman–Crippen MR) is 103 cm³/mol. The number of hydrogen-bond acceptors (Lipinski definition) is 6. The first-order valence-corrected chi connectivity index (χ1v) is 9.21. The number of hydrogen-bond donors (Lipinski definition) is 0. The second-order valence-electron chi connectivity index (χ2n) is 7.55. The van der Waals surface area contributed by atoms with Crippen LogP contribution in [0.2, 0.25) is 5.02 Å². The van der Waals surface area contributed by atoms with Crippen molar-refractivity contribution in [3.05, 3.63) is 29.5 Å². The highest BCUT2D eigenvalue weighted by Crippen LogP contribution is 2.26. The van der Waals surface area contributed by atoms with E-state index in [-0.39, 0.29) is 6.09 Å².